The molecule has 13 heavy (non-hydrogen) atoms. The molecule has 0 atom stereocenters. The first kappa shape index (κ1) is 19.0. The minimum Gasteiger partial charge on any atom is -0.746 e. The average Bonchev–Trinajstić information content (AvgIpc) is 1.86. The van der Waals surface area contributed by atoms with E-state index in [9.17, 15) is 8.78 Å². The molecule has 6 nitrogen and oxygen atoms in total. The van der Waals surface area contributed by atoms with Gasteiger partial charge in [-0.05, 0) is 0 Å². The normalized spacial score (nSPS) is 10.8. The summed E-state index contributed by atoms with van der Waals surface area (Å²) in [6.45, 7) is 0. The molecule has 0 aliphatic rings. The first-order chi connectivity index (χ1) is 5.12. The SMILES string of the molecule is O=S(=O)([O-])CF.O=S(=O)([O-])CF.[Zn+2]. The van der Waals surface area contributed by atoms with Crippen molar-refractivity contribution in [3.8, 4) is 0 Å². The van der Waals surface area contributed by atoms with Crippen LogP contribution in [0.4, 0.5) is 8.78 Å². The Morgan fingerprint density at radius 2 is 0.923 bits per heavy atom. The second kappa shape index (κ2) is 7.68. The van der Waals surface area contributed by atoms with E-state index in [4.69, 9.17) is 25.9 Å². The van der Waals surface area contributed by atoms with Crippen molar-refractivity contribution in [3.05, 3.63) is 0 Å². The molecule has 0 aliphatic carbocycles. The maximum absolute atomic E-state index is 10.6. The van der Waals surface area contributed by atoms with E-state index < -0.39 is 32.2 Å². The van der Waals surface area contributed by atoms with Crippen LogP contribution in [-0.4, -0.2) is 38.0 Å². The van der Waals surface area contributed by atoms with E-state index in [1.165, 1.54) is 0 Å². The summed E-state index contributed by atoms with van der Waals surface area (Å²) in [6, 6.07) is -3.62. The molecule has 0 fully saturated rings. The van der Waals surface area contributed by atoms with E-state index in [1.54, 1.807) is 0 Å². The molecule has 0 aromatic carbocycles. The van der Waals surface area contributed by atoms with Crippen molar-refractivity contribution in [2.45, 2.75) is 0 Å². The van der Waals surface area contributed by atoms with Gasteiger partial charge in [-0.3, -0.25) is 0 Å². The van der Waals surface area contributed by atoms with Crippen molar-refractivity contribution in [3.63, 3.8) is 0 Å². The molecule has 0 bridgehead atoms. The van der Waals surface area contributed by atoms with Gasteiger partial charge in [0.25, 0.3) is 0 Å². The summed E-state index contributed by atoms with van der Waals surface area (Å²) in [5.74, 6) is 0. The van der Waals surface area contributed by atoms with E-state index in [1.807, 2.05) is 0 Å². The van der Waals surface area contributed by atoms with Crippen LogP contribution in [0.25, 0.3) is 0 Å². The van der Waals surface area contributed by atoms with Gasteiger partial charge in [0.1, 0.15) is 20.2 Å². The Hall–Kier alpha value is 0.303. The molecular weight excluding hydrogens is 288 g/mol. The van der Waals surface area contributed by atoms with Gasteiger partial charge >= 0.3 is 19.5 Å². The topological polar surface area (TPSA) is 114 Å². The molecule has 0 heterocycles. The minimum atomic E-state index is -4.58. The Balaban J connectivity index is -0.000000143. The molecule has 0 spiro atoms. The maximum Gasteiger partial charge on any atom is 2.00 e. The third-order valence-electron chi connectivity index (χ3n) is 0.267. The second-order valence-corrected chi connectivity index (χ2v) is 4.00. The standard InChI is InChI=1S/2CH3FO3S.Zn/c2*2-1-6(3,4)5;/h2*1H2,(H,3,4,5);/q;;+2/p-2. The van der Waals surface area contributed by atoms with Crippen LogP contribution in [0.15, 0.2) is 0 Å². The predicted octanol–water partition coefficient (Wildman–Crippen LogP) is -1.09. The molecular formula is C2H4F2O6S2Zn. The molecule has 0 rings (SSSR count). The van der Waals surface area contributed by atoms with Crippen molar-refractivity contribution < 1.29 is 54.2 Å². The van der Waals surface area contributed by atoms with Crippen LogP contribution in [0.5, 0.6) is 0 Å². The van der Waals surface area contributed by atoms with Gasteiger partial charge in [-0.1, -0.05) is 0 Å². The van der Waals surface area contributed by atoms with E-state index in [-0.39, 0.29) is 19.5 Å². The van der Waals surface area contributed by atoms with Gasteiger partial charge in [0.15, 0.2) is 12.0 Å². The first-order valence-electron chi connectivity index (χ1n) is 2.11. The quantitative estimate of drug-likeness (QED) is 0.472. The Morgan fingerprint density at radius 3 is 0.923 bits per heavy atom. The fraction of sp³-hybridized carbons (Fsp3) is 1.00. The third-order valence-corrected chi connectivity index (χ3v) is 0.802. The smallest absolute Gasteiger partial charge is 0.746 e. The van der Waals surface area contributed by atoms with Crippen molar-refractivity contribution >= 4 is 20.2 Å². The number of hydrogen-bond acceptors (Lipinski definition) is 6. The van der Waals surface area contributed by atoms with Crippen molar-refractivity contribution in [2.24, 2.45) is 0 Å². The van der Waals surface area contributed by atoms with Crippen LogP contribution in [0.2, 0.25) is 0 Å². The Kier molecular flexibility index (Phi) is 11.2. The summed E-state index contributed by atoms with van der Waals surface area (Å²) in [6.07, 6.45) is 0. The maximum atomic E-state index is 10.6. The summed E-state index contributed by atoms with van der Waals surface area (Å²) >= 11 is 0. The monoisotopic (exact) mass is 290 g/mol. The first-order valence-corrected chi connectivity index (χ1v) is 5.27. The fourth-order valence-corrected chi connectivity index (χ4v) is 0. The van der Waals surface area contributed by atoms with Gasteiger partial charge in [-0.2, -0.15) is 0 Å². The molecule has 0 aromatic heterocycles. The second-order valence-electron chi connectivity index (χ2n) is 1.33. The number of rotatable bonds is 2. The zero-order chi connectivity index (χ0) is 10.4. The van der Waals surface area contributed by atoms with Crippen LogP contribution in [-0.2, 0) is 39.7 Å². The number of hydrogen-bond donors (Lipinski definition) is 0. The average molecular weight is 292 g/mol. The van der Waals surface area contributed by atoms with Crippen LogP contribution < -0.4 is 0 Å². The molecule has 0 unspecified atom stereocenters. The molecule has 0 N–H and O–H groups in total. The molecule has 0 saturated carbocycles. The van der Waals surface area contributed by atoms with Crippen molar-refractivity contribution in [2.75, 3.05) is 12.0 Å². The van der Waals surface area contributed by atoms with Gasteiger partial charge in [0, 0.05) is 0 Å². The third kappa shape index (κ3) is 32.9. The van der Waals surface area contributed by atoms with E-state index in [0.717, 1.165) is 0 Å². The van der Waals surface area contributed by atoms with Gasteiger partial charge in [0.2, 0.25) is 0 Å². The largest absolute Gasteiger partial charge is 2.00 e. The summed E-state index contributed by atoms with van der Waals surface area (Å²) in [4.78, 5) is 0. The zero-order valence-corrected chi connectivity index (χ0v) is 10.7. The van der Waals surface area contributed by atoms with Gasteiger partial charge in [0.05, 0.1) is 0 Å². The van der Waals surface area contributed by atoms with Crippen molar-refractivity contribution in [1.82, 2.24) is 0 Å². The molecule has 0 saturated heterocycles. The Labute approximate surface area is 86.6 Å². The summed E-state index contributed by atoms with van der Waals surface area (Å²) in [5.41, 5.74) is 0. The Morgan fingerprint density at radius 1 is 0.846 bits per heavy atom. The van der Waals surface area contributed by atoms with E-state index in [0.29, 0.717) is 0 Å². The van der Waals surface area contributed by atoms with Crippen LogP contribution in [0, 0.1) is 0 Å². The van der Waals surface area contributed by atoms with Crippen LogP contribution in [0.3, 0.4) is 0 Å². The Bertz CT molecular complexity index is 263. The van der Waals surface area contributed by atoms with Crippen LogP contribution in [0.1, 0.15) is 0 Å². The summed E-state index contributed by atoms with van der Waals surface area (Å²) in [5, 5.41) is 0. The molecule has 11 heteroatoms. The van der Waals surface area contributed by atoms with Crippen LogP contribution >= 0.6 is 0 Å². The van der Waals surface area contributed by atoms with E-state index in [2.05, 4.69) is 0 Å². The summed E-state index contributed by atoms with van der Waals surface area (Å²) < 4.78 is 75.6. The number of alkyl halides is 2. The molecule has 0 radical (unpaired) electrons. The van der Waals surface area contributed by atoms with E-state index >= 15 is 0 Å². The minimum absolute atomic E-state index is 0. The molecule has 0 aliphatic heterocycles. The zero-order valence-electron chi connectivity index (χ0n) is 6.14. The summed E-state index contributed by atoms with van der Waals surface area (Å²) in [7, 11) is -9.16. The van der Waals surface area contributed by atoms with Gasteiger partial charge in [-0.15, -0.1) is 0 Å². The van der Waals surface area contributed by atoms with Crippen molar-refractivity contribution in [1.29, 1.82) is 0 Å². The molecule has 0 amide bonds. The molecule has 0 aromatic rings. The predicted molar refractivity (Wildman–Crippen MR) is 31.3 cm³/mol. The number of halogens is 2. The van der Waals surface area contributed by atoms with Gasteiger partial charge < -0.3 is 9.11 Å². The molecule has 76 valence electrons. The van der Waals surface area contributed by atoms with Gasteiger partial charge in [-0.25, -0.2) is 25.6 Å². The fourth-order valence-electron chi connectivity index (χ4n) is 0.